The summed E-state index contributed by atoms with van der Waals surface area (Å²) >= 11 is 0. The van der Waals surface area contributed by atoms with Crippen LogP contribution in [0.3, 0.4) is 0 Å². The topological polar surface area (TPSA) is 29.5 Å². The van der Waals surface area contributed by atoms with Crippen molar-refractivity contribution in [3.8, 4) is 0 Å². The number of nitrogens with zero attached hydrogens (tertiary/aromatic N) is 1. The number of methoxy groups -OCH3 is 1. The van der Waals surface area contributed by atoms with Gasteiger partial charge < -0.3 is 9.64 Å². The van der Waals surface area contributed by atoms with Gasteiger partial charge in [-0.25, -0.2) is 9.18 Å². The molecule has 1 aliphatic rings. The third kappa shape index (κ3) is 5.31. The highest BCUT2D eigenvalue weighted by Gasteiger charge is 2.20. The fraction of sp³-hybridized carbons (Fsp3) is 0.435. The van der Waals surface area contributed by atoms with Gasteiger partial charge in [0.2, 0.25) is 0 Å². The van der Waals surface area contributed by atoms with Gasteiger partial charge in [0, 0.05) is 24.4 Å². The lowest BCUT2D eigenvalue weighted by Gasteiger charge is -2.35. The molecule has 1 heterocycles. The molecular formula is C23H30FNO2. The van der Waals surface area contributed by atoms with Gasteiger partial charge in [-0.2, -0.15) is 0 Å². The molecule has 0 fully saturated rings. The number of aryl methyl sites for hydroxylation is 1. The van der Waals surface area contributed by atoms with Gasteiger partial charge in [-0.1, -0.05) is 19.1 Å². The van der Waals surface area contributed by atoms with Gasteiger partial charge in [-0.05, 0) is 80.5 Å². The fourth-order valence-electron chi connectivity index (χ4n) is 3.46. The smallest absolute Gasteiger partial charge is 0.330 e. The molecule has 0 bridgehead atoms. The number of anilines is 1. The Balaban J connectivity index is 2.32. The summed E-state index contributed by atoms with van der Waals surface area (Å²) in [7, 11) is 1.32. The van der Waals surface area contributed by atoms with Crippen LogP contribution in [-0.4, -0.2) is 25.7 Å². The highest BCUT2D eigenvalue weighted by molar-refractivity contribution is 5.83. The number of carbonyl (C=O) groups excluding carboxylic acids is 1. The number of esters is 1. The SMILES string of the molecule is CC/C(=C(F)/C=C/C(C)=C/C(=O)OC)c1ccc2c(c1)CCCN2C(C)C. The highest BCUT2D eigenvalue weighted by Crippen LogP contribution is 2.33. The average Bonchev–Trinajstić information content (AvgIpc) is 2.66. The van der Waals surface area contributed by atoms with E-state index in [1.807, 2.05) is 13.0 Å². The summed E-state index contributed by atoms with van der Waals surface area (Å²) in [6, 6.07) is 6.73. The summed E-state index contributed by atoms with van der Waals surface area (Å²) < 4.78 is 19.4. The lowest BCUT2D eigenvalue weighted by atomic mass is 9.94. The number of fused-ring (bicyclic) bond motifs is 1. The molecule has 1 aliphatic heterocycles. The normalized spacial score (nSPS) is 15.8. The van der Waals surface area contributed by atoms with Crippen molar-refractivity contribution in [2.24, 2.45) is 0 Å². The number of carbonyl (C=O) groups is 1. The van der Waals surface area contributed by atoms with Crippen LogP contribution >= 0.6 is 0 Å². The molecule has 0 unspecified atom stereocenters. The van der Waals surface area contributed by atoms with Crippen LogP contribution < -0.4 is 4.90 Å². The van der Waals surface area contributed by atoms with E-state index in [1.165, 1.54) is 30.5 Å². The summed E-state index contributed by atoms with van der Waals surface area (Å²) in [6.07, 6.45) is 7.12. The second kappa shape index (κ2) is 9.54. The monoisotopic (exact) mass is 371 g/mol. The van der Waals surface area contributed by atoms with Crippen LogP contribution in [0, 0.1) is 0 Å². The van der Waals surface area contributed by atoms with Crippen molar-refractivity contribution in [3.63, 3.8) is 0 Å². The van der Waals surface area contributed by atoms with Gasteiger partial charge >= 0.3 is 5.97 Å². The number of allylic oxidation sites excluding steroid dienone is 5. The van der Waals surface area contributed by atoms with Gasteiger partial charge in [-0.3, -0.25) is 0 Å². The summed E-state index contributed by atoms with van der Waals surface area (Å²) in [5.41, 5.74) is 4.81. The zero-order valence-electron chi connectivity index (χ0n) is 17.0. The maximum Gasteiger partial charge on any atom is 0.330 e. The molecule has 0 aromatic heterocycles. The van der Waals surface area contributed by atoms with Gasteiger partial charge in [0.25, 0.3) is 0 Å². The Bertz CT molecular complexity index is 775. The Hall–Kier alpha value is -2.36. The molecule has 1 aromatic carbocycles. The van der Waals surface area contributed by atoms with Crippen molar-refractivity contribution in [3.05, 3.63) is 59.0 Å². The van der Waals surface area contributed by atoms with Gasteiger partial charge in [-0.15, -0.1) is 0 Å². The molecule has 0 aliphatic carbocycles. The number of benzene rings is 1. The fourth-order valence-corrected chi connectivity index (χ4v) is 3.46. The molecule has 0 spiro atoms. The zero-order valence-corrected chi connectivity index (χ0v) is 17.0. The average molecular weight is 371 g/mol. The predicted molar refractivity (Wildman–Crippen MR) is 110 cm³/mol. The standard InChI is InChI=1S/C23H30FNO2/c1-6-20(21(24)11-9-17(4)14-23(26)27-5)18-10-12-22-19(15-18)8-7-13-25(22)16(2)3/h9-12,14-16H,6-8,13H2,1-5H3/b11-9+,17-14+,21-20+. The summed E-state index contributed by atoms with van der Waals surface area (Å²) in [5.74, 6) is -0.715. The maximum atomic E-state index is 14.8. The Kier molecular flexibility index (Phi) is 7.40. The van der Waals surface area contributed by atoms with E-state index < -0.39 is 5.97 Å². The van der Waals surface area contributed by atoms with Gasteiger partial charge in [0.05, 0.1) is 7.11 Å². The quantitative estimate of drug-likeness (QED) is 0.370. The number of halogens is 1. The van der Waals surface area contributed by atoms with Gasteiger partial charge in [0.1, 0.15) is 5.83 Å². The Morgan fingerprint density at radius 1 is 1.33 bits per heavy atom. The lowest BCUT2D eigenvalue weighted by Crippen LogP contribution is -2.35. The third-order valence-electron chi connectivity index (χ3n) is 4.89. The van der Waals surface area contributed by atoms with Crippen molar-refractivity contribution in [2.75, 3.05) is 18.6 Å². The van der Waals surface area contributed by atoms with Crippen LogP contribution in [0.5, 0.6) is 0 Å². The second-order valence-corrected chi connectivity index (χ2v) is 7.16. The van der Waals surface area contributed by atoms with Crippen LogP contribution in [0.15, 0.2) is 47.8 Å². The van der Waals surface area contributed by atoms with E-state index in [2.05, 4.69) is 35.6 Å². The summed E-state index contributed by atoms with van der Waals surface area (Å²) in [6.45, 7) is 9.18. The molecule has 0 atom stereocenters. The zero-order chi connectivity index (χ0) is 20.0. The van der Waals surface area contributed by atoms with E-state index in [4.69, 9.17) is 0 Å². The van der Waals surface area contributed by atoms with E-state index in [0.29, 0.717) is 23.6 Å². The molecule has 0 saturated carbocycles. The Morgan fingerprint density at radius 3 is 2.70 bits per heavy atom. The molecule has 1 aromatic rings. The van der Waals surface area contributed by atoms with E-state index in [1.54, 1.807) is 13.0 Å². The molecule has 0 amide bonds. The molecule has 0 N–H and O–H groups in total. The molecule has 3 nitrogen and oxygen atoms in total. The molecule has 0 saturated heterocycles. The van der Waals surface area contributed by atoms with E-state index in [0.717, 1.165) is 24.9 Å². The summed E-state index contributed by atoms with van der Waals surface area (Å²) in [5, 5.41) is 0. The first-order chi connectivity index (χ1) is 12.9. The summed E-state index contributed by atoms with van der Waals surface area (Å²) in [4.78, 5) is 13.7. The van der Waals surface area contributed by atoms with Crippen LogP contribution in [0.25, 0.3) is 5.57 Å². The van der Waals surface area contributed by atoms with Crippen molar-refractivity contribution in [2.45, 2.75) is 53.0 Å². The molecule has 4 heteroatoms. The number of hydrogen-bond acceptors (Lipinski definition) is 3. The minimum Gasteiger partial charge on any atom is -0.466 e. The van der Waals surface area contributed by atoms with Crippen LogP contribution in [0.1, 0.15) is 51.7 Å². The first kappa shape index (κ1) is 20.9. The molecule has 146 valence electrons. The third-order valence-corrected chi connectivity index (χ3v) is 4.89. The first-order valence-corrected chi connectivity index (χ1v) is 9.60. The van der Waals surface area contributed by atoms with E-state index in [9.17, 15) is 9.18 Å². The van der Waals surface area contributed by atoms with Crippen molar-refractivity contribution < 1.29 is 13.9 Å². The van der Waals surface area contributed by atoms with Crippen LogP contribution in [-0.2, 0) is 16.0 Å². The highest BCUT2D eigenvalue weighted by atomic mass is 19.1. The largest absolute Gasteiger partial charge is 0.466 e. The van der Waals surface area contributed by atoms with E-state index in [-0.39, 0.29) is 5.83 Å². The first-order valence-electron chi connectivity index (χ1n) is 9.60. The van der Waals surface area contributed by atoms with Crippen LogP contribution in [0.2, 0.25) is 0 Å². The predicted octanol–water partition coefficient (Wildman–Crippen LogP) is 5.61. The van der Waals surface area contributed by atoms with E-state index >= 15 is 0 Å². The Morgan fingerprint density at radius 2 is 2.07 bits per heavy atom. The number of ether oxygens (including phenoxy) is 1. The van der Waals surface area contributed by atoms with Crippen molar-refractivity contribution in [1.82, 2.24) is 0 Å². The molecule has 27 heavy (non-hydrogen) atoms. The minimum absolute atomic E-state index is 0.272. The Labute approximate surface area is 162 Å². The number of rotatable bonds is 6. The minimum atomic E-state index is -0.443. The van der Waals surface area contributed by atoms with Gasteiger partial charge in [0.15, 0.2) is 0 Å². The molecular weight excluding hydrogens is 341 g/mol. The molecule has 2 rings (SSSR count). The van der Waals surface area contributed by atoms with Crippen LogP contribution in [0.4, 0.5) is 10.1 Å². The molecule has 0 radical (unpaired) electrons. The lowest BCUT2D eigenvalue weighted by molar-refractivity contribution is -0.134. The second-order valence-electron chi connectivity index (χ2n) is 7.16. The maximum absolute atomic E-state index is 14.8. The van der Waals surface area contributed by atoms with Crippen molar-refractivity contribution >= 4 is 17.2 Å². The number of hydrogen-bond donors (Lipinski definition) is 0. The van der Waals surface area contributed by atoms with Crippen molar-refractivity contribution in [1.29, 1.82) is 0 Å².